The van der Waals surface area contributed by atoms with E-state index in [9.17, 15) is 27.6 Å². The number of pyridine rings is 2. The molecule has 206 valence electrons. The van der Waals surface area contributed by atoms with Gasteiger partial charge in [-0.3, -0.25) is 19.2 Å². The smallest absolute Gasteiger partial charge is 0.446 e. The molecule has 1 aromatic carbocycles. The van der Waals surface area contributed by atoms with Gasteiger partial charge in [-0.1, -0.05) is 17.7 Å². The van der Waals surface area contributed by atoms with E-state index in [0.717, 1.165) is 0 Å². The molecule has 0 atom stereocenters. The van der Waals surface area contributed by atoms with Crippen molar-refractivity contribution >= 4 is 47.0 Å². The number of nitrogens with one attached hydrogen (secondary N) is 2. The number of rotatable bonds is 9. The number of alkyl halides is 3. The monoisotopic (exact) mass is 565 g/mol. The first-order chi connectivity index (χ1) is 18.4. The van der Waals surface area contributed by atoms with E-state index in [4.69, 9.17) is 26.9 Å². The Morgan fingerprint density at radius 3 is 2.38 bits per heavy atom. The van der Waals surface area contributed by atoms with Crippen molar-refractivity contribution in [3.05, 3.63) is 76.7 Å². The number of carbonyl (C=O) groups excluding carboxylic acids is 4. The van der Waals surface area contributed by atoms with Gasteiger partial charge in [-0.05, 0) is 56.3 Å². The number of hydrogen-bond donors (Lipinski definition) is 3. The maximum Gasteiger partial charge on any atom is 0.446 e. The molecule has 0 radical (unpaired) electrons. The molecule has 0 spiro atoms. The number of nitrogens with two attached hydrogens (primary N) is 1. The molecule has 0 unspecified atom stereocenters. The van der Waals surface area contributed by atoms with Gasteiger partial charge >= 0.3 is 6.18 Å². The summed E-state index contributed by atoms with van der Waals surface area (Å²) in [5.41, 5.74) is 6.30. The van der Waals surface area contributed by atoms with Crippen molar-refractivity contribution in [2.45, 2.75) is 19.5 Å². The van der Waals surface area contributed by atoms with Crippen molar-refractivity contribution in [2.75, 3.05) is 23.8 Å². The molecule has 3 rings (SSSR count). The molecule has 4 N–H and O–H groups in total. The Labute approximate surface area is 225 Å². The molecule has 2 aromatic heterocycles. The third kappa shape index (κ3) is 10.1. The van der Waals surface area contributed by atoms with Gasteiger partial charge in [-0.25, -0.2) is 9.97 Å². The summed E-state index contributed by atoms with van der Waals surface area (Å²) in [5.74, 6) is -0.726. The lowest BCUT2D eigenvalue weighted by Gasteiger charge is -2.14. The van der Waals surface area contributed by atoms with Crippen LogP contribution in [0.3, 0.4) is 0 Å². The van der Waals surface area contributed by atoms with Crippen LogP contribution >= 0.6 is 11.6 Å². The minimum absolute atomic E-state index is 0.00597. The largest absolute Gasteiger partial charge is 0.493 e. The standard InChI is InChI=1S/C23H22ClN5O4.C2HF3O/c1-14(30)15-5-7-17(19(12-15)33-11-3-9-25)22(31)28-18-4-2-10-26-21(18)23(32)29-20-8-6-16(24)13-27-20;3-2(4,5)1-6/h2,4-8,10,12-13H,3,9,11,25H2,1H3,(H,28,31)(H,27,29,32);1H. The molecule has 0 aliphatic heterocycles. The second kappa shape index (κ2) is 14.5. The third-order valence-electron chi connectivity index (χ3n) is 4.61. The zero-order valence-electron chi connectivity index (χ0n) is 20.4. The summed E-state index contributed by atoms with van der Waals surface area (Å²) >= 11 is 5.82. The van der Waals surface area contributed by atoms with Crippen LogP contribution in [0.15, 0.2) is 54.9 Å². The van der Waals surface area contributed by atoms with Gasteiger partial charge in [0.25, 0.3) is 11.8 Å². The minimum Gasteiger partial charge on any atom is -0.493 e. The van der Waals surface area contributed by atoms with Crippen LogP contribution in [0.2, 0.25) is 5.02 Å². The summed E-state index contributed by atoms with van der Waals surface area (Å²) in [6, 6.07) is 10.8. The highest BCUT2D eigenvalue weighted by Crippen LogP contribution is 2.24. The first-order valence-electron chi connectivity index (χ1n) is 11.2. The number of halogens is 4. The zero-order chi connectivity index (χ0) is 29.0. The quantitative estimate of drug-likeness (QED) is 0.197. The molecule has 0 aliphatic rings. The topological polar surface area (TPSA) is 153 Å². The molecule has 10 nitrogen and oxygen atoms in total. The first-order valence-corrected chi connectivity index (χ1v) is 11.5. The van der Waals surface area contributed by atoms with E-state index in [1.165, 1.54) is 37.5 Å². The number of carbonyl (C=O) groups is 4. The van der Waals surface area contributed by atoms with E-state index >= 15 is 0 Å². The van der Waals surface area contributed by atoms with E-state index in [1.54, 1.807) is 24.3 Å². The lowest BCUT2D eigenvalue weighted by molar-refractivity contribution is -0.156. The molecule has 3 aromatic rings. The van der Waals surface area contributed by atoms with Crippen LogP contribution in [-0.4, -0.2) is 53.2 Å². The Morgan fingerprint density at radius 2 is 1.79 bits per heavy atom. The summed E-state index contributed by atoms with van der Waals surface area (Å²) in [5, 5.41) is 5.73. The van der Waals surface area contributed by atoms with Crippen LogP contribution in [0.1, 0.15) is 44.5 Å². The second-order valence-electron chi connectivity index (χ2n) is 7.59. The molecule has 0 saturated heterocycles. The maximum atomic E-state index is 13.0. The number of aldehydes is 1. The van der Waals surface area contributed by atoms with Gasteiger partial charge in [0, 0.05) is 18.0 Å². The molecule has 39 heavy (non-hydrogen) atoms. The number of anilines is 2. The molecule has 2 heterocycles. The number of benzene rings is 1. The molecule has 14 heteroatoms. The first kappa shape index (κ1) is 30.9. The van der Waals surface area contributed by atoms with Crippen LogP contribution in [-0.2, 0) is 4.79 Å². The average Bonchev–Trinajstić information content (AvgIpc) is 2.90. The fourth-order valence-electron chi connectivity index (χ4n) is 2.82. The van der Waals surface area contributed by atoms with Crippen molar-refractivity contribution in [3.63, 3.8) is 0 Å². The molecule has 0 bridgehead atoms. The molecule has 0 fully saturated rings. The van der Waals surface area contributed by atoms with Crippen molar-refractivity contribution < 1.29 is 37.1 Å². The third-order valence-corrected chi connectivity index (χ3v) is 4.84. The normalized spacial score (nSPS) is 10.5. The predicted octanol–water partition coefficient (Wildman–Crippen LogP) is 4.31. The number of ether oxygens (including phenoxy) is 1. The van der Waals surface area contributed by atoms with Gasteiger partial charge in [0.15, 0.2) is 11.5 Å². The van der Waals surface area contributed by atoms with E-state index in [1.807, 2.05) is 0 Å². The highest BCUT2D eigenvalue weighted by Gasteiger charge is 2.25. The van der Waals surface area contributed by atoms with Crippen molar-refractivity contribution in [1.82, 2.24) is 9.97 Å². The van der Waals surface area contributed by atoms with Gasteiger partial charge in [-0.2, -0.15) is 13.2 Å². The van der Waals surface area contributed by atoms with E-state index in [0.29, 0.717) is 23.6 Å². The van der Waals surface area contributed by atoms with Crippen LogP contribution in [0, 0.1) is 0 Å². The molecule has 2 amide bonds. The summed E-state index contributed by atoms with van der Waals surface area (Å²) in [6.07, 6.45) is -2.29. The van der Waals surface area contributed by atoms with Crippen LogP contribution in [0.5, 0.6) is 5.75 Å². The fraction of sp³-hybridized carbons (Fsp3) is 0.200. The summed E-state index contributed by atoms with van der Waals surface area (Å²) in [7, 11) is 0. The maximum absolute atomic E-state index is 13.0. The predicted molar refractivity (Wildman–Crippen MR) is 137 cm³/mol. The number of Topliss-reactive ketones (excluding diaryl/α,β-unsaturated/α-hetero) is 1. The van der Waals surface area contributed by atoms with Gasteiger partial charge in [0.2, 0.25) is 6.29 Å². The van der Waals surface area contributed by atoms with Gasteiger partial charge in [0.1, 0.15) is 11.6 Å². The summed E-state index contributed by atoms with van der Waals surface area (Å²) < 4.78 is 36.9. The van der Waals surface area contributed by atoms with E-state index < -0.39 is 24.3 Å². The van der Waals surface area contributed by atoms with Crippen LogP contribution in [0.25, 0.3) is 0 Å². The molecule has 0 saturated carbocycles. The number of hydrogen-bond acceptors (Lipinski definition) is 8. The summed E-state index contributed by atoms with van der Waals surface area (Å²) in [6.45, 7) is 2.13. The number of nitrogens with zero attached hydrogens (tertiary/aromatic N) is 2. The van der Waals surface area contributed by atoms with E-state index in [-0.39, 0.29) is 40.9 Å². The number of ketones is 1. The average molecular weight is 566 g/mol. The molecular weight excluding hydrogens is 543 g/mol. The lowest BCUT2D eigenvalue weighted by atomic mass is 10.1. The Bertz CT molecular complexity index is 1320. The Morgan fingerprint density at radius 1 is 1.08 bits per heavy atom. The van der Waals surface area contributed by atoms with Gasteiger partial charge in [0.05, 0.1) is 22.9 Å². The fourth-order valence-corrected chi connectivity index (χ4v) is 2.93. The molecule has 0 aliphatic carbocycles. The highest BCUT2D eigenvalue weighted by molar-refractivity contribution is 6.30. The zero-order valence-corrected chi connectivity index (χ0v) is 21.2. The molecular formula is C25H23ClF3N5O5. The Kier molecular flexibility index (Phi) is 11.5. The summed E-state index contributed by atoms with van der Waals surface area (Å²) in [4.78, 5) is 54.3. The number of aromatic nitrogens is 2. The lowest BCUT2D eigenvalue weighted by Crippen LogP contribution is -2.20. The Balaban J connectivity index is 0.000000798. The van der Waals surface area contributed by atoms with Crippen LogP contribution < -0.4 is 21.1 Å². The SMILES string of the molecule is CC(=O)c1ccc(C(=O)Nc2cccnc2C(=O)Nc2ccc(Cl)cn2)c(OCCCN)c1.O=CC(F)(F)F. The van der Waals surface area contributed by atoms with Gasteiger partial charge in [-0.15, -0.1) is 0 Å². The Hall–Kier alpha value is -4.36. The van der Waals surface area contributed by atoms with Gasteiger partial charge < -0.3 is 21.1 Å². The highest BCUT2D eigenvalue weighted by atomic mass is 35.5. The van der Waals surface area contributed by atoms with Crippen molar-refractivity contribution in [2.24, 2.45) is 5.73 Å². The van der Waals surface area contributed by atoms with Crippen molar-refractivity contribution in [3.8, 4) is 5.75 Å². The minimum atomic E-state index is -4.64. The second-order valence-corrected chi connectivity index (χ2v) is 8.02. The van der Waals surface area contributed by atoms with Crippen molar-refractivity contribution in [1.29, 1.82) is 0 Å². The number of amides is 2. The van der Waals surface area contributed by atoms with E-state index in [2.05, 4.69) is 20.6 Å². The van der Waals surface area contributed by atoms with Crippen LogP contribution in [0.4, 0.5) is 24.7 Å².